The van der Waals surface area contributed by atoms with E-state index in [-0.39, 0.29) is 22.5 Å². The number of amides is 1. The van der Waals surface area contributed by atoms with Gasteiger partial charge in [0.25, 0.3) is 5.91 Å². The third-order valence-corrected chi connectivity index (χ3v) is 6.52. The molecule has 1 aliphatic rings. The Morgan fingerprint density at radius 2 is 1.83 bits per heavy atom. The van der Waals surface area contributed by atoms with Gasteiger partial charge in [-0.15, -0.1) is 0 Å². The second-order valence-corrected chi connectivity index (χ2v) is 9.33. The number of anilines is 1. The van der Waals surface area contributed by atoms with Crippen molar-refractivity contribution in [1.82, 2.24) is 0 Å². The molecule has 1 atom stereocenters. The number of halogens is 1. The first-order valence-corrected chi connectivity index (χ1v) is 12.1. The number of nitrogens with zero attached hydrogens (tertiary/aromatic N) is 1. The summed E-state index contributed by atoms with van der Waals surface area (Å²) in [4.78, 5) is 40.8. The Morgan fingerprint density at radius 1 is 1.06 bits per heavy atom. The topological polar surface area (TPSA) is 76.8 Å². The molecule has 35 heavy (non-hydrogen) atoms. The van der Waals surface area contributed by atoms with Crippen LogP contribution in [0.5, 0.6) is 5.75 Å². The molecule has 5 rings (SSSR count). The molecule has 6 nitrogen and oxygen atoms in total. The first-order valence-electron chi connectivity index (χ1n) is 11.3. The molecule has 0 saturated carbocycles. The van der Waals surface area contributed by atoms with E-state index in [1.807, 2.05) is 31.2 Å². The van der Waals surface area contributed by atoms with Gasteiger partial charge >= 0.3 is 0 Å². The summed E-state index contributed by atoms with van der Waals surface area (Å²) in [5.74, 6) is 0.191. The van der Waals surface area contributed by atoms with E-state index < -0.39 is 11.9 Å². The number of fused-ring (bicyclic) bond motifs is 2. The van der Waals surface area contributed by atoms with E-state index in [1.54, 1.807) is 47.4 Å². The van der Waals surface area contributed by atoms with Crippen molar-refractivity contribution in [3.05, 3.63) is 104 Å². The minimum Gasteiger partial charge on any atom is -0.494 e. The molecule has 4 aromatic rings. The fourth-order valence-corrected chi connectivity index (χ4v) is 4.74. The second kappa shape index (κ2) is 9.15. The molecule has 176 valence electrons. The lowest BCUT2D eigenvalue weighted by Gasteiger charge is -2.25. The van der Waals surface area contributed by atoms with Gasteiger partial charge < -0.3 is 9.15 Å². The zero-order valence-corrected chi connectivity index (χ0v) is 20.8. The van der Waals surface area contributed by atoms with E-state index in [0.29, 0.717) is 34.6 Å². The van der Waals surface area contributed by atoms with Crippen molar-refractivity contribution in [2.45, 2.75) is 26.3 Å². The van der Waals surface area contributed by atoms with Crippen LogP contribution in [0, 0.1) is 0 Å². The van der Waals surface area contributed by atoms with Crippen molar-refractivity contribution in [1.29, 1.82) is 0 Å². The number of ether oxygens (including phenoxy) is 1. The first-order chi connectivity index (χ1) is 16.9. The molecule has 0 saturated heterocycles. The zero-order chi connectivity index (χ0) is 24.7. The molecule has 0 fully saturated rings. The average molecular weight is 532 g/mol. The summed E-state index contributed by atoms with van der Waals surface area (Å²) >= 11 is 3.42. The lowest BCUT2D eigenvalue weighted by Crippen LogP contribution is -2.29. The normalized spacial score (nSPS) is 14.9. The Morgan fingerprint density at radius 3 is 2.54 bits per heavy atom. The second-order valence-electron chi connectivity index (χ2n) is 8.42. The Balaban J connectivity index is 1.74. The first kappa shape index (κ1) is 23.1. The standard InChI is InChI=1S/C28H22BrNO5/c1-3-13-34-21-6-4-5-18(14-21)25-24-26(32)22-15-19(29)9-12-23(22)35-27(24)28(33)30(25)20-10-7-17(8-11-20)16(2)31/h4-12,14-15,25H,3,13H2,1-2H3. The highest BCUT2D eigenvalue weighted by Gasteiger charge is 2.43. The summed E-state index contributed by atoms with van der Waals surface area (Å²) < 4.78 is 12.6. The van der Waals surface area contributed by atoms with Gasteiger partial charge in [-0.25, -0.2) is 0 Å². The molecule has 2 heterocycles. The predicted molar refractivity (Wildman–Crippen MR) is 138 cm³/mol. The van der Waals surface area contributed by atoms with Gasteiger partial charge in [0.2, 0.25) is 5.76 Å². The number of carbonyl (C=O) groups is 2. The Bertz CT molecular complexity index is 1520. The lowest BCUT2D eigenvalue weighted by molar-refractivity contribution is 0.0970. The molecule has 1 aromatic heterocycles. The maximum atomic E-state index is 13.7. The monoisotopic (exact) mass is 531 g/mol. The quantitative estimate of drug-likeness (QED) is 0.273. The average Bonchev–Trinajstić information content (AvgIpc) is 3.16. The highest BCUT2D eigenvalue weighted by Crippen LogP contribution is 2.42. The van der Waals surface area contributed by atoms with Gasteiger partial charge in [-0.1, -0.05) is 35.0 Å². The van der Waals surface area contributed by atoms with Crippen LogP contribution in [-0.4, -0.2) is 18.3 Å². The van der Waals surface area contributed by atoms with Crippen molar-refractivity contribution in [3.63, 3.8) is 0 Å². The van der Waals surface area contributed by atoms with Crippen LogP contribution in [0.3, 0.4) is 0 Å². The molecule has 0 spiro atoms. The van der Waals surface area contributed by atoms with Crippen LogP contribution in [0.15, 0.2) is 80.4 Å². The SMILES string of the molecule is CCCOc1cccc(C2c3c(oc4ccc(Br)cc4c3=O)C(=O)N2c2ccc(C(C)=O)cc2)c1. The Hall–Kier alpha value is -3.71. The van der Waals surface area contributed by atoms with E-state index in [1.165, 1.54) is 6.92 Å². The fraction of sp³-hybridized carbons (Fsp3) is 0.179. The van der Waals surface area contributed by atoms with Gasteiger partial charge in [-0.05, 0) is 73.5 Å². The molecule has 1 unspecified atom stereocenters. The molecule has 1 aliphatic heterocycles. The van der Waals surface area contributed by atoms with Crippen LogP contribution in [0.2, 0.25) is 0 Å². The lowest BCUT2D eigenvalue weighted by atomic mass is 9.98. The van der Waals surface area contributed by atoms with Crippen LogP contribution in [0.4, 0.5) is 5.69 Å². The summed E-state index contributed by atoms with van der Waals surface area (Å²) in [6.07, 6.45) is 0.855. The van der Waals surface area contributed by atoms with Crippen LogP contribution >= 0.6 is 15.9 Å². The molecule has 0 bridgehead atoms. The highest BCUT2D eigenvalue weighted by atomic mass is 79.9. The van der Waals surface area contributed by atoms with Crippen molar-refractivity contribution >= 4 is 44.3 Å². The number of hydrogen-bond acceptors (Lipinski definition) is 5. The van der Waals surface area contributed by atoms with Gasteiger partial charge in [0.15, 0.2) is 11.2 Å². The highest BCUT2D eigenvalue weighted by molar-refractivity contribution is 9.10. The van der Waals surface area contributed by atoms with Crippen LogP contribution < -0.4 is 15.1 Å². The van der Waals surface area contributed by atoms with Gasteiger partial charge in [0.05, 0.1) is 23.6 Å². The van der Waals surface area contributed by atoms with Crippen molar-refractivity contribution in [2.24, 2.45) is 0 Å². The fourth-order valence-electron chi connectivity index (χ4n) is 4.38. The summed E-state index contributed by atoms with van der Waals surface area (Å²) in [6, 6.07) is 18.6. The third kappa shape index (κ3) is 4.06. The van der Waals surface area contributed by atoms with E-state index >= 15 is 0 Å². The summed E-state index contributed by atoms with van der Waals surface area (Å²) in [5, 5.41) is 0.392. The minimum absolute atomic E-state index is 0.0188. The Labute approximate surface area is 210 Å². The maximum absolute atomic E-state index is 13.7. The molecule has 0 radical (unpaired) electrons. The van der Waals surface area contributed by atoms with Gasteiger partial charge in [0, 0.05) is 15.7 Å². The number of rotatable bonds is 6. The molecule has 0 aliphatic carbocycles. The number of ketones is 1. The Kier molecular flexibility index (Phi) is 6.03. The zero-order valence-electron chi connectivity index (χ0n) is 19.2. The van der Waals surface area contributed by atoms with Crippen LogP contribution in [-0.2, 0) is 0 Å². The van der Waals surface area contributed by atoms with E-state index in [2.05, 4.69) is 15.9 Å². The number of Topliss-reactive ketones (excluding diaryl/α,β-unsaturated/α-hetero) is 1. The van der Waals surface area contributed by atoms with Crippen molar-refractivity contribution in [2.75, 3.05) is 11.5 Å². The van der Waals surface area contributed by atoms with Crippen LogP contribution in [0.1, 0.15) is 58.3 Å². The molecular formula is C28H22BrNO5. The largest absolute Gasteiger partial charge is 0.494 e. The van der Waals surface area contributed by atoms with Gasteiger partial charge in [-0.2, -0.15) is 0 Å². The van der Waals surface area contributed by atoms with Crippen LogP contribution in [0.25, 0.3) is 11.0 Å². The predicted octanol–water partition coefficient (Wildman–Crippen LogP) is 6.30. The minimum atomic E-state index is -0.717. The van der Waals surface area contributed by atoms with E-state index in [9.17, 15) is 14.4 Å². The summed E-state index contributed by atoms with van der Waals surface area (Å²) in [7, 11) is 0. The summed E-state index contributed by atoms with van der Waals surface area (Å²) in [5.41, 5.74) is 2.18. The molecular weight excluding hydrogens is 510 g/mol. The van der Waals surface area contributed by atoms with E-state index in [0.717, 1.165) is 16.5 Å². The van der Waals surface area contributed by atoms with Gasteiger partial charge in [0.1, 0.15) is 11.3 Å². The number of benzene rings is 3. The summed E-state index contributed by atoms with van der Waals surface area (Å²) in [6.45, 7) is 4.07. The third-order valence-electron chi connectivity index (χ3n) is 6.03. The molecule has 0 N–H and O–H groups in total. The van der Waals surface area contributed by atoms with Crippen molar-refractivity contribution < 1.29 is 18.7 Å². The molecule has 1 amide bonds. The molecule has 3 aromatic carbocycles. The number of carbonyl (C=O) groups excluding carboxylic acids is 2. The smallest absolute Gasteiger partial charge is 0.295 e. The van der Waals surface area contributed by atoms with Gasteiger partial charge in [-0.3, -0.25) is 19.3 Å². The number of hydrogen-bond donors (Lipinski definition) is 0. The van der Waals surface area contributed by atoms with Crippen molar-refractivity contribution in [3.8, 4) is 5.75 Å². The molecule has 7 heteroatoms. The maximum Gasteiger partial charge on any atom is 0.295 e. The van der Waals surface area contributed by atoms with E-state index in [4.69, 9.17) is 9.15 Å².